The van der Waals surface area contributed by atoms with Crippen LogP contribution in [0.4, 0.5) is 5.82 Å². The lowest BCUT2D eigenvalue weighted by Crippen LogP contribution is -2.35. The van der Waals surface area contributed by atoms with Gasteiger partial charge in [-0.05, 0) is 6.42 Å². The summed E-state index contributed by atoms with van der Waals surface area (Å²) in [5.41, 5.74) is 0.899. The number of aliphatic hydroxyl groups is 2. The van der Waals surface area contributed by atoms with Crippen molar-refractivity contribution in [1.29, 1.82) is 0 Å². The van der Waals surface area contributed by atoms with Gasteiger partial charge in [0.25, 0.3) is 0 Å². The van der Waals surface area contributed by atoms with Crippen molar-refractivity contribution in [2.45, 2.75) is 43.9 Å². The topological polar surface area (TPSA) is 149 Å². The molecule has 2 saturated heterocycles. The summed E-state index contributed by atoms with van der Waals surface area (Å²) < 4.78 is 36.3. The highest BCUT2D eigenvalue weighted by atomic mass is 32.2. The molecule has 0 radical (unpaired) electrons. The zero-order chi connectivity index (χ0) is 19.9. The third-order valence-corrected chi connectivity index (χ3v) is 6.81. The van der Waals surface area contributed by atoms with E-state index in [0.29, 0.717) is 30.2 Å². The third-order valence-electron chi connectivity index (χ3n) is 5.10. The third kappa shape index (κ3) is 3.57. The largest absolute Gasteiger partial charge is 0.387 e. The predicted molar refractivity (Wildman–Crippen MR) is 98.4 cm³/mol. The van der Waals surface area contributed by atoms with E-state index in [9.17, 15) is 18.6 Å². The summed E-state index contributed by atoms with van der Waals surface area (Å²) in [6, 6.07) is 0.127. The van der Waals surface area contributed by atoms with Crippen LogP contribution in [-0.4, -0.2) is 87.2 Å². The zero-order valence-electron chi connectivity index (χ0n) is 15.3. The van der Waals surface area contributed by atoms with Gasteiger partial charge in [-0.15, -0.1) is 0 Å². The average Bonchev–Trinajstić information content (AvgIpc) is 3.39. The van der Waals surface area contributed by atoms with Gasteiger partial charge in [-0.2, -0.15) is 0 Å². The van der Waals surface area contributed by atoms with Crippen LogP contribution in [0.3, 0.4) is 0 Å². The quantitative estimate of drug-likeness (QED) is 0.543. The minimum Gasteiger partial charge on any atom is -0.387 e. The van der Waals surface area contributed by atoms with Crippen LogP contribution in [0, 0.1) is 0 Å². The molecule has 0 spiro atoms. The number of imidazole rings is 1. The normalized spacial score (nSPS) is 30.9. The Kier molecular flexibility index (Phi) is 5.22. The maximum absolute atomic E-state index is 11.9. The van der Waals surface area contributed by atoms with E-state index in [0.717, 1.165) is 6.42 Å². The second kappa shape index (κ2) is 7.52. The molecule has 5 atom stereocenters. The summed E-state index contributed by atoms with van der Waals surface area (Å²) in [5, 5.41) is 24.0. The summed E-state index contributed by atoms with van der Waals surface area (Å²) in [4.78, 5) is 12.8. The number of ether oxygens (including phenoxy) is 2. The number of hydrogen-bond acceptors (Lipinski definition) is 10. The molecule has 28 heavy (non-hydrogen) atoms. The minimum atomic E-state index is -3.38. The maximum Gasteiger partial charge on any atom is 0.167 e. The smallest absolute Gasteiger partial charge is 0.167 e. The predicted octanol–water partition coefficient (Wildman–Crippen LogP) is -0.919. The van der Waals surface area contributed by atoms with E-state index in [4.69, 9.17) is 9.47 Å². The Balaban J connectivity index is 1.60. The van der Waals surface area contributed by atoms with Gasteiger partial charge < -0.3 is 25.0 Å². The van der Waals surface area contributed by atoms with Crippen LogP contribution in [0.25, 0.3) is 11.2 Å². The van der Waals surface area contributed by atoms with Crippen molar-refractivity contribution in [3.63, 3.8) is 0 Å². The minimum absolute atomic E-state index is 0.0680. The van der Waals surface area contributed by atoms with Crippen molar-refractivity contribution < 1.29 is 28.1 Å². The summed E-state index contributed by atoms with van der Waals surface area (Å²) in [5.74, 6) is 0.105. The number of nitrogens with zero attached hydrogens (tertiary/aromatic N) is 4. The molecule has 0 saturated carbocycles. The fourth-order valence-electron chi connectivity index (χ4n) is 3.45. The molecule has 2 aromatic rings. The van der Waals surface area contributed by atoms with E-state index in [-0.39, 0.29) is 17.5 Å². The number of fused-ring (bicyclic) bond motifs is 1. The molecule has 12 heteroatoms. The van der Waals surface area contributed by atoms with Gasteiger partial charge in [-0.3, -0.25) is 4.57 Å². The zero-order valence-corrected chi connectivity index (χ0v) is 16.1. The number of sulfone groups is 1. The Morgan fingerprint density at radius 2 is 2.11 bits per heavy atom. The van der Waals surface area contributed by atoms with Gasteiger partial charge in [0.1, 0.15) is 24.6 Å². The van der Waals surface area contributed by atoms with Gasteiger partial charge >= 0.3 is 0 Å². The first kappa shape index (κ1) is 19.5. The van der Waals surface area contributed by atoms with E-state index >= 15 is 0 Å². The Morgan fingerprint density at radius 3 is 2.82 bits per heavy atom. The molecule has 154 valence electrons. The molecule has 0 amide bonds. The first-order chi connectivity index (χ1) is 13.4. The fourth-order valence-corrected chi connectivity index (χ4v) is 4.46. The highest BCUT2D eigenvalue weighted by Gasteiger charge is 2.45. The number of aliphatic hydroxyl groups excluding tert-OH is 2. The van der Waals surface area contributed by atoms with E-state index in [2.05, 4.69) is 20.3 Å². The van der Waals surface area contributed by atoms with Crippen molar-refractivity contribution in [1.82, 2.24) is 19.5 Å². The number of aromatic nitrogens is 4. The second-order valence-electron chi connectivity index (χ2n) is 7.00. The van der Waals surface area contributed by atoms with Crippen LogP contribution in [0.15, 0.2) is 12.7 Å². The Morgan fingerprint density at radius 1 is 1.29 bits per heavy atom. The molecule has 2 aliphatic heterocycles. The SMILES string of the molecule is CCS(=O)(=O)CC1OC(n2cnc3c(N[C@@H]4CCOC4)ncnc32)C(O)C1O. The van der Waals surface area contributed by atoms with Crippen LogP contribution >= 0.6 is 0 Å². The van der Waals surface area contributed by atoms with E-state index in [1.807, 2.05) is 0 Å². The molecule has 4 rings (SSSR count). The molecule has 2 aliphatic rings. The van der Waals surface area contributed by atoms with E-state index in [1.54, 1.807) is 0 Å². The molecule has 0 aliphatic carbocycles. The Labute approximate surface area is 161 Å². The van der Waals surface area contributed by atoms with Crippen molar-refractivity contribution in [3.8, 4) is 0 Å². The van der Waals surface area contributed by atoms with Crippen LogP contribution in [0.5, 0.6) is 0 Å². The Hall–Kier alpha value is -1.86. The lowest BCUT2D eigenvalue weighted by Gasteiger charge is -2.17. The molecule has 0 aromatic carbocycles. The number of rotatable bonds is 6. The van der Waals surface area contributed by atoms with Gasteiger partial charge in [0.15, 0.2) is 33.0 Å². The van der Waals surface area contributed by atoms with Crippen molar-refractivity contribution in [2.24, 2.45) is 0 Å². The first-order valence-electron chi connectivity index (χ1n) is 9.13. The van der Waals surface area contributed by atoms with Crippen LogP contribution in [0.2, 0.25) is 0 Å². The molecule has 2 aromatic heterocycles. The van der Waals surface area contributed by atoms with Crippen molar-refractivity contribution in [3.05, 3.63) is 12.7 Å². The Bertz CT molecular complexity index is 944. The number of nitrogens with one attached hydrogen (secondary N) is 1. The number of hydrogen-bond donors (Lipinski definition) is 3. The summed E-state index contributed by atoms with van der Waals surface area (Å²) in [7, 11) is -3.38. The molecule has 2 fully saturated rings. The molecular formula is C16H23N5O6S. The van der Waals surface area contributed by atoms with E-state index in [1.165, 1.54) is 24.1 Å². The average molecular weight is 413 g/mol. The summed E-state index contributed by atoms with van der Waals surface area (Å²) >= 11 is 0. The van der Waals surface area contributed by atoms with Crippen molar-refractivity contribution >= 4 is 26.8 Å². The lowest BCUT2D eigenvalue weighted by atomic mass is 10.1. The van der Waals surface area contributed by atoms with Gasteiger partial charge in [0.05, 0.1) is 24.7 Å². The molecule has 3 N–H and O–H groups in total. The monoisotopic (exact) mass is 413 g/mol. The summed E-state index contributed by atoms with van der Waals surface area (Å²) in [6.45, 7) is 2.79. The second-order valence-corrected chi connectivity index (χ2v) is 9.39. The standard InChI is InChI=1S/C16H23N5O6S/c1-2-28(24,25)6-10-12(22)13(23)16(27-10)21-8-19-11-14(17-7-18-15(11)21)20-9-3-4-26-5-9/h7-10,12-13,16,22-23H,2-6H2,1H3,(H,17,18,20)/t9-,10?,12?,13?,16?/m1/s1. The first-order valence-corrected chi connectivity index (χ1v) is 11.0. The van der Waals surface area contributed by atoms with Crippen LogP contribution in [0.1, 0.15) is 19.6 Å². The van der Waals surface area contributed by atoms with Gasteiger partial charge in [0.2, 0.25) is 0 Å². The van der Waals surface area contributed by atoms with Crippen LogP contribution in [-0.2, 0) is 19.3 Å². The molecule has 4 unspecified atom stereocenters. The highest BCUT2D eigenvalue weighted by molar-refractivity contribution is 7.91. The van der Waals surface area contributed by atoms with Gasteiger partial charge in [0, 0.05) is 12.4 Å². The molecule has 11 nitrogen and oxygen atoms in total. The maximum atomic E-state index is 11.9. The highest BCUT2D eigenvalue weighted by Crippen LogP contribution is 2.33. The summed E-state index contributed by atoms with van der Waals surface area (Å²) in [6.07, 6.45) is -1.02. The lowest BCUT2D eigenvalue weighted by molar-refractivity contribution is -0.0292. The fraction of sp³-hybridized carbons (Fsp3) is 0.688. The molecule has 4 heterocycles. The van der Waals surface area contributed by atoms with Gasteiger partial charge in [-0.1, -0.05) is 6.92 Å². The molecular weight excluding hydrogens is 390 g/mol. The van der Waals surface area contributed by atoms with Crippen LogP contribution < -0.4 is 5.32 Å². The van der Waals surface area contributed by atoms with Crippen molar-refractivity contribution in [2.75, 3.05) is 30.0 Å². The van der Waals surface area contributed by atoms with E-state index < -0.39 is 34.4 Å². The van der Waals surface area contributed by atoms with Gasteiger partial charge in [-0.25, -0.2) is 23.4 Å². The number of anilines is 1. The molecule has 0 bridgehead atoms.